The Morgan fingerprint density at radius 1 is 1.42 bits per heavy atom. The van der Waals surface area contributed by atoms with Gasteiger partial charge >= 0.3 is 0 Å². The lowest BCUT2D eigenvalue weighted by atomic mass is 9.70. The molecule has 0 aliphatic heterocycles. The van der Waals surface area contributed by atoms with Gasteiger partial charge in [-0.1, -0.05) is 20.3 Å². The number of hydrogen-bond acceptors (Lipinski definition) is 3. The zero-order valence-corrected chi connectivity index (χ0v) is 11.8. The molecule has 1 fully saturated rings. The Labute approximate surface area is 114 Å². The molecule has 0 heterocycles. The number of ether oxygens (including phenoxy) is 1. The normalized spacial score (nSPS) is 16.8. The highest BCUT2D eigenvalue weighted by Gasteiger charge is 2.31. The summed E-state index contributed by atoms with van der Waals surface area (Å²) in [7, 11) is 0. The van der Waals surface area contributed by atoms with Gasteiger partial charge in [0.2, 0.25) is 0 Å². The summed E-state index contributed by atoms with van der Waals surface area (Å²) in [4.78, 5) is 0. The molecule has 0 amide bonds. The summed E-state index contributed by atoms with van der Waals surface area (Å²) in [6.07, 6.45) is 4.62. The van der Waals surface area contributed by atoms with Gasteiger partial charge in [-0.2, -0.15) is 0 Å². The van der Waals surface area contributed by atoms with Crippen molar-refractivity contribution in [3.05, 3.63) is 17.9 Å². The van der Waals surface area contributed by atoms with E-state index in [-0.39, 0.29) is 5.75 Å². The summed E-state index contributed by atoms with van der Waals surface area (Å²) in [6.45, 7) is 5.64. The molecule has 1 aromatic rings. The Balaban J connectivity index is 2.05. The van der Waals surface area contributed by atoms with Crippen LogP contribution in [0, 0.1) is 11.2 Å². The fourth-order valence-electron chi connectivity index (χ4n) is 2.31. The lowest BCUT2D eigenvalue weighted by Gasteiger charge is -2.38. The van der Waals surface area contributed by atoms with E-state index in [0.717, 1.165) is 18.7 Å². The van der Waals surface area contributed by atoms with Crippen molar-refractivity contribution in [3.8, 4) is 5.75 Å². The maximum absolute atomic E-state index is 13.7. The highest BCUT2D eigenvalue weighted by atomic mass is 19.1. The fourth-order valence-corrected chi connectivity index (χ4v) is 2.31. The molecule has 0 bridgehead atoms. The molecule has 0 unspecified atom stereocenters. The van der Waals surface area contributed by atoms with Crippen molar-refractivity contribution in [2.24, 2.45) is 5.41 Å². The zero-order valence-electron chi connectivity index (χ0n) is 11.8. The van der Waals surface area contributed by atoms with Gasteiger partial charge in [0.25, 0.3) is 0 Å². The van der Waals surface area contributed by atoms with Gasteiger partial charge in [0.1, 0.15) is 0 Å². The third kappa shape index (κ3) is 3.31. The topological polar surface area (TPSA) is 47.3 Å². The highest BCUT2D eigenvalue weighted by molar-refractivity contribution is 5.68. The SMILES string of the molecule is CCCOc1cc(NCC2(C)CCC2)c(N)cc1F. The van der Waals surface area contributed by atoms with Gasteiger partial charge in [-0.05, 0) is 24.7 Å². The van der Waals surface area contributed by atoms with E-state index in [2.05, 4.69) is 12.2 Å². The lowest BCUT2D eigenvalue weighted by molar-refractivity contribution is 0.180. The largest absolute Gasteiger partial charge is 0.490 e. The molecule has 3 nitrogen and oxygen atoms in total. The Kier molecular flexibility index (Phi) is 4.17. The number of nitrogen functional groups attached to an aromatic ring is 1. The molecule has 1 aliphatic rings. The van der Waals surface area contributed by atoms with Crippen molar-refractivity contribution in [2.45, 2.75) is 39.5 Å². The first-order valence-corrected chi connectivity index (χ1v) is 7.00. The second kappa shape index (κ2) is 5.68. The first-order valence-electron chi connectivity index (χ1n) is 7.00. The maximum Gasteiger partial charge on any atom is 0.167 e. The van der Waals surface area contributed by atoms with Gasteiger partial charge in [0.15, 0.2) is 11.6 Å². The van der Waals surface area contributed by atoms with Gasteiger partial charge < -0.3 is 15.8 Å². The lowest BCUT2D eigenvalue weighted by Crippen LogP contribution is -2.33. The first kappa shape index (κ1) is 14.0. The summed E-state index contributed by atoms with van der Waals surface area (Å²) in [5, 5.41) is 3.33. The number of nitrogens with two attached hydrogens (primary N) is 1. The first-order chi connectivity index (χ1) is 9.04. The second-order valence-corrected chi connectivity index (χ2v) is 5.74. The van der Waals surface area contributed by atoms with Gasteiger partial charge in [-0.15, -0.1) is 0 Å². The molecular weight excluding hydrogens is 243 g/mol. The smallest absolute Gasteiger partial charge is 0.167 e. The van der Waals surface area contributed by atoms with Crippen molar-refractivity contribution >= 4 is 11.4 Å². The van der Waals surface area contributed by atoms with Crippen molar-refractivity contribution in [3.63, 3.8) is 0 Å². The van der Waals surface area contributed by atoms with Crippen LogP contribution in [0.3, 0.4) is 0 Å². The predicted octanol–water partition coefficient (Wildman–Crippen LogP) is 3.80. The monoisotopic (exact) mass is 266 g/mol. The van der Waals surface area contributed by atoms with Crippen LogP contribution in [0.4, 0.5) is 15.8 Å². The molecule has 106 valence electrons. The molecule has 1 aliphatic carbocycles. The molecule has 2 rings (SSSR count). The Bertz CT molecular complexity index is 444. The van der Waals surface area contributed by atoms with E-state index in [0.29, 0.717) is 17.7 Å². The predicted molar refractivity (Wildman–Crippen MR) is 77.0 cm³/mol. The van der Waals surface area contributed by atoms with Gasteiger partial charge in [-0.25, -0.2) is 4.39 Å². The third-order valence-corrected chi connectivity index (χ3v) is 3.83. The maximum atomic E-state index is 13.7. The Morgan fingerprint density at radius 2 is 2.16 bits per heavy atom. The van der Waals surface area contributed by atoms with E-state index in [1.165, 1.54) is 25.3 Å². The van der Waals surface area contributed by atoms with Crippen LogP contribution < -0.4 is 15.8 Å². The summed E-state index contributed by atoms with van der Waals surface area (Å²) in [6, 6.07) is 3.00. The quantitative estimate of drug-likeness (QED) is 0.770. The zero-order chi connectivity index (χ0) is 13.9. The molecular formula is C15H23FN2O. The van der Waals surface area contributed by atoms with Crippen LogP contribution in [-0.2, 0) is 0 Å². The number of benzene rings is 1. The number of rotatable bonds is 6. The molecule has 0 atom stereocenters. The summed E-state index contributed by atoms with van der Waals surface area (Å²) in [5.74, 6) is -0.122. The van der Waals surface area contributed by atoms with Crippen LogP contribution in [0.25, 0.3) is 0 Å². The summed E-state index contributed by atoms with van der Waals surface area (Å²) < 4.78 is 19.1. The fraction of sp³-hybridized carbons (Fsp3) is 0.600. The number of nitrogens with one attached hydrogen (secondary N) is 1. The molecule has 3 N–H and O–H groups in total. The van der Waals surface area contributed by atoms with E-state index in [1.54, 1.807) is 6.07 Å². The molecule has 19 heavy (non-hydrogen) atoms. The minimum atomic E-state index is -0.397. The van der Waals surface area contributed by atoms with Crippen molar-refractivity contribution < 1.29 is 9.13 Å². The average molecular weight is 266 g/mol. The molecule has 0 aromatic heterocycles. The third-order valence-electron chi connectivity index (χ3n) is 3.83. The minimum Gasteiger partial charge on any atom is -0.490 e. The van der Waals surface area contributed by atoms with Crippen LogP contribution in [0.2, 0.25) is 0 Å². The Morgan fingerprint density at radius 3 is 2.74 bits per heavy atom. The van der Waals surface area contributed by atoms with Crippen LogP contribution in [-0.4, -0.2) is 13.2 Å². The minimum absolute atomic E-state index is 0.275. The number of anilines is 2. The van der Waals surface area contributed by atoms with Gasteiger partial charge in [0, 0.05) is 18.7 Å². The highest BCUT2D eigenvalue weighted by Crippen LogP contribution is 2.40. The molecule has 4 heteroatoms. The second-order valence-electron chi connectivity index (χ2n) is 5.74. The number of hydrogen-bond donors (Lipinski definition) is 2. The van der Waals surface area contributed by atoms with E-state index < -0.39 is 5.82 Å². The van der Waals surface area contributed by atoms with E-state index >= 15 is 0 Å². The summed E-state index contributed by atoms with van der Waals surface area (Å²) >= 11 is 0. The van der Waals surface area contributed by atoms with E-state index in [1.807, 2.05) is 6.92 Å². The van der Waals surface area contributed by atoms with Crippen molar-refractivity contribution in [1.29, 1.82) is 0 Å². The van der Waals surface area contributed by atoms with Gasteiger partial charge in [0.05, 0.1) is 18.0 Å². The standard InChI is InChI=1S/C15H23FN2O/c1-3-7-19-14-9-13(12(17)8-11(14)16)18-10-15(2)5-4-6-15/h8-9,18H,3-7,10,17H2,1-2H3. The van der Waals surface area contributed by atoms with Crippen LogP contribution in [0.5, 0.6) is 5.75 Å². The van der Waals surface area contributed by atoms with Crippen molar-refractivity contribution in [2.75, 3.05) is 24.2 Å². The Hall–Kier alpha value is -1.45. The number of halogens is 1. The van der Waals surface area contributed by atoms with E-state index in [4.69, 9.17) is 10.5 Å². The molecule has 0 radical (unpaired) electrons. The van der Waals surface area contributed by atoms with Crippen molar-refractivity contribution in [1.82, 2.24) is 0 Å². The van der Waals surface area contributed by atoms with Crippen LogP contribution in [0.15, 0.2) is 12.1 Å². The van der Waals surface area contributed by atoms with Crippen LogP contribution >= 0.6 is 0 Å². The van der Waals surface area contributed by atoms with E-state index in [9.17, 15) is 4.39 Å². The molecule has 0 saturated heterocycles. The molecule has 1 aromatic carbocycles. The molecule has 0 spiro atoms. The molecule has 1 saturated carbocycles. The van der Waals surface area contributed by atoms with Crippen LogP contribution in [0.1, 0.15) is 39.5 Å². The van der Waals surface area contributed by atoms with Gasteiger partial charge in [-0.3, -0.25) is 0 Å². The summed E-state index contributed by atoms with van der Waals surface area (Å²) in [5.41, 5.74) is 7.40. The average Bonchev–Trinajstić information content (AvgIpc) is 2.34.